The normalized spacial score (nSPS) is 18.6. The standard InChI is InChI=1S/C32H37F2N3O2SSi/c1-20-18-37(19-21(2)38-20)29-26(17-25(27(33)28(29)34)31-35-22(3)36-40-31)30(32(4,5)6)39-41(23-13-9-7-10-14-23)24-15-11-8-12-16-24/h7-17,20-21,30,41H,18-19H2,1-6H3. The van der Waals surface area contributed by atoms with E-state index < -0.39 is 32.2 Å². The zero-order valence-electron chi connectivity index (χ0n) is 24.4. The van der Waals surface area contributed by atoms with Gasteiger partial charge in [0.15, 0.2) is 11.6 Å². The van der Waals surface area contributed by atoms with E-state index in [9.17, 15) is 0 Å². The van der Waals surface area contributed by atoms with Gasteiger partial charge in [-0.15, -0.1) is 0 Å². The molecule has 41 heavy (non-hydrogen) atoms. The maximum absolute atomic E-state index is 16.4. The minimum atomic E-state index is -2.26. The summed E-state index contributed by atoms with van der Waals surface area (Å²) in [5.41, 5.74) is 0.510. The molecule has 5 nitrogen and oxygen atoms in total. The molecule has 0 spiro atoms. The number of nitrogens with zero attached hydrogens (tertiary/aromatic N) is 3. The Morgan fingerprint density at radius 2 is 1.51 bits per heavy atom. The Labute approximate surface area is 247 Å². The molecule has 3 atom stereocenters. The van der Waals surface area contributed by atoms with Crippen LogP contribution in [0.1, 0.15) is 52.1 Å². The highest BCUT2D eigenvalue weighted by atomic mass is 32.1. The van der Waals surface area contributed by atoms with Crippen LogP contribution in [0.5, 0.6) is 0 Å². The Bertz CT molecular complexity index is 1430. The minimum Gasteiger partial charge on any atom is -0.403 e. The second kappa shape index (κ2) is 12.1. The fourth-order valence-electron chi connectivity index (χ4n) is 5.57. The fourth-order valence-corrected chi connectivity index (χ4v) is 8.91. The molecule has 1 aliphatic heterocycles. The second-order valence-corrected chi connectivity index (χ2v) is 15.0. The molecule has 0 radical (unpaired) electrons. The zero-order valence-corrected chi connectivity index (χ0v) is 26.4. The number of hydrogen-bond acceptors (Lipinski definition) is 6. The third-order valence-electron chi connectivity index (χ3n) is 7.25. The van der Waals surface area contributed by atoms with E-state index in [1.807, 2.05) is 55.1 Å². The summed E-state index contributed by atoms with van der Waals surface area (Å²) in [4.78, 5) is 6.32. The van der Waals surface area contributed by atoms with E-state index in [1.165, 1.54) is 0 Å². The molecule has 9 heteroatoms. The minimum absolute atomic E-state index is 0.108. The lowest BCUT2D eigenvalue weighted by Crippen LogP contribution is -2.48. The molecule has 0 aliphatic carbocycles. The van der Waals surface area contributed by atoms with Gasteiger partial charge in [-0.2, -0.15) is 4.37 Å². The van der Waals surface area contributed by atoms with Crippen molar-refractivity contribution in [3.63, 3.8) is 0 Å². The number of ether oxygens (including phenoxy) is 1. The van der Waals surface area contributed by atoms with E-state index in [4.69, 9.17) is 9.16 Å². The Kier molecular flexibility index (Phi) is 8.70. The number of anilines is 1. The van der Waals surface area contributed by atoms with E-state index in [1.54, 1.807) is 13.0 Å². The van der Waals surface area contributed by atoms with E-state index in [0.717, 1.165) is 21.9 Å². The smallest absolute Gasteiger partial charge is 0.240 e. The first kappa shape index (κ1) is 29.5. The molecule has 216 valence electrons. The zero-order chi connectivity index (χ0) is 29.3. The molecule has 0 amide bonds. The molecule has 0 saturated carbocycles. The number of morpholine rings is 1. The molecule has 1 fully saturated rings. The van der Waals surface area contributed by atoms with Crippen LogP contribution in [-0.2, 0) is 9.16 Å². The van der Waals surface area contributed by atoms with Crippen molar-refractivity contribution in [3.8, 4) is 10.6 Å². The van der Waals surface area contributed by atoms with Crippen molar-refractivity contribution < 1.29 is 17.9 Å². The monoisotopic (exact) mass is 593 g/mol. The fraction of sp³-hybridized carbons (Fsp3) is 0.375. The van der Waals surface area contributed by atoms with Crippen LogP contribution in [-0.4, -0.2) is 43.7 Å². The number of halogens is 2. The highest BCUT2D eigenvalue weighted by Gasteiger charge is 2.38. The molecule has 1 aromatic heterocycles. The van der Waals surface area contributed by atoms with E-state index in [0.29, 0.717) is 29.5 Å². The summed E-state index contributed by atoms with van der Waals surface area (Å²) in [6.07, 6.45) is -0.820. The van der Waals surface area contributed by atoms with E-state index in [2.05, 4.69) is 54.4 Å². The molecule has 4 aromatic rings. The molecule has 2 heterocycles. The van der Waals surface area contributed by atoms with Crippen LogP contribution in [0.25, 0.3) is 10.6 Å². The van der Waals surface area contributed by atoms with Gasteiger partial charge >= 0.3 is 0 Å². The van der Waals surface area contributed by atoms with Crippen LogP contribution >= 0.6 is 11.5 Å². The number of rotatable bonds is 7. The van der Waals surface area contributed by atoms with Gasteiger partial charge in [0.05, 0.1) is 29.6 Å². The lowest BCUT2D eigenvalue weighted by Gasteiger charge is -2.41. The molecular formula is C32H37F2N3O2SSi. The predicted octanol–water partition coefficient (Wildman–Crippen LogP) is 6.05. The average molecular weight is 594 g/mol. The predicted molar refractivity (Wildman–Crippen MR) is 165 cm³/mol. The summed E-state index contributed by atoms with van der Waals surface area (Å²) in [7, 11) is -2.26. The Balaban J connectivity index is 1.72. The van der Waals surface area contributed by atoms with E-state index >= 15 is 8.78 Å². The van der Waals surface area contributed by atoms with Crippen molar-refractivity contribution in [2.24, 2.45) is 5.41 Å². The summed E-state index contributed by atoms with van der Waals surface area (Å²) in [5.74, 6) is -1.28. The van der Waals surface area contributed by atoms with Crippen LogP contribution < -0.4 is 15.3 Å². The second-order valence-electron chi connectivity index (χ2n) is 11.9. The van der Waals surface area contributed by atoms with Crippen LogP contribution in [0, 0.1) is 24.0 Å². The van der Waals surface area contributed by atoms with Gasteiger partial charge in [0.1, 0.15) is 10.8 Å². The lowest BCUT2D eigenvalue weighted by molar-refractivity contribution is -0.00575. The molecule has 0 bridgehead atoms. The molecule has 1 saturated heterocycles. The molecule has 3 aromatic carbocycles. The molecule has 5 rings (SSSR count). The maximum Gasteiger partial charge on any atom is 0.240 e. The SMILES string of the molecule is Cc1nsc(-c2cc(C(O[SiH](c3ccccc3)c3ccccc3)C(C)(C)C)c(N3CC(C)OC(C)C3)c(F)c2F)n1. The summed E-state index contributed by atoms with van der Waals surface area (Å²) >= 11 is 1.07. The Morgan fingerprint density at radius 3 is 2.00 bits per heavy atom. The number of aromatic nitrogens is 2. The lowest BCUT2D eigenvalue weighted by atomic mass is 9.83. The van der Waals surface area contributed by atoms with Gasteiger partial charge < -0.3 is 14.1 Å². The first-order valence-corrected chi connectivity index (χ1v) is 16.4. The van der Waals surface area contributed by atoms with Crippen LogP contribution in [0.4, 0.5) is 14.5 Å². The summed E-state index contributed by atoms with van der Waals surface area (Å²) < 4.78 is 49.8. The summed E-state index contributed by atoms with van der Waals surface area (Å²) in [5, 5.41) is 2.58. The third-order valence-corrected chi connectivity index (χ3v) is 10.6. The van der Waals surface area contributed by atoms with Crippen LogP contribution in [0.15, 0.2) is 66.7 Å². The van der Waals surface area contributed by atoms with Gasteiger partial charge in [-0.1, -0.05) is 81.4 Å². The van der Waals surface area contributed by atoms with Gasteiger partial charge in [-0.3, -0.25) is 0 Å². The molecule has 1 aliphatic rings. The maximum atomic E-state index is 16.4. The molecular weight excluding hydrogens is 557 g/mol. The highest BCUT2D eigenvalue weighted by Crippen LogP contribution is 2.45. The largest absolute Gasteiger partial charge is 0.403 e. The van der Waals surface area contributed by atoms with Crippen molar-refractivity contribution in [1.82, 2.24) is 9.36 Å². The van der Waals surface area contributed by atoms with Crippen molar-refractivity contribution in [2.45, 2.75) is 59.9 Å². The topological polar surface area (TPSA) is 47.5 Å². The Morgan fingerprint density at radius 1 is 0.951 bits per heavy atom. The quantitative estimate of drug-likeness (QED) is 0.244. The highest BCUT2D eigenvalue weighted by molar-refractivity contribution is 7.09. The average Bonchev–Trinajstić information content (AvgIpc) is 3.36. The first-order chi connectivity index (χ1) is 19.5. The summed E-state index contributed by atoms with van der Waals surface area (Å²) in [6, 6.07) is 22.2. The van der Waals surface area contributed by atoms with Crippen molar-refractivity contribution in [1.29, 1.82) is 0 Å². The van der Waals surface area contributed by atoms with Gasteiger partial charge in [0, 0.05) is 18.7 Å². The van der Waals surface area contributed by atoms with Crippen molar-refractivity contribution in [2.75, 3.05) is 18.0 Å². The van der Waals surface area contributed by atoms with Gasteiger partial charge in [0.25, 0.3) is 0 Å². The summed E-state index contributed by atoms with van der Waals surface area (Å²) in [6.45, 7) is 12.8. The van der Waals surface area contributed by atoms with Crippen LogP contribution in [0.2, 0.25) is 0 Å². The van der Waals surface area contributed by atoms with Crippen molar-refractivity contribution >= 4 is 36.6 Å². The van der Waals surface area contributed by atoms with Gasteiger partial charge in [-0.25, -0.2) is 13.8 Å². The van der Waals surface area contributed by atoms with E-state index in [-0.39, 0.29) is 23.5 Å². The third kappa shape index (κ3) is 6.43. The van der Waals surface area contributed by atoms with Crippen LogP contribution in [0.3, 0.4) is 0 Å². The number of benzene rings is 3. The number of hydrogen-bond donors (Lipinski definition) is 0. The first-order valence-electron chi connectivity index (χ1n) is 14.0. The molecule has 3 unspecified atom stereocenters. The molecule has 0 N–H and O–H groups in total. The Hall–Kier alpha value is -2.98. The van der Waals surface area contributed by atoms with Gasteiger partial charge in [0.2, 0.25) is 9.04 Å². The van der Waals surface area contributed by atoms with Gasteiger partial charge in [-0.05, 0) is 54.2 Å². The van der Waals surface area contributed by atoms with Crippen molar-refractivity contribution in [3.05, 3.63) is 89.8 Å². The number of aryl methyl sites for hydroxylation is 1.